The Morgan fingerprint density at radius 2 is 1.55 bits per heavy atom. The molecule has 0 aromatic heterocycles. The van der Waals surface area contributed by atoms with Gasteiger partial charge in [-0.15, -0.1) is 0 Å². The molecule has 0 saturated carbocycles. The number of methoxy groups -OCH3 is 1. The van der Waals surface area contributed by atoms with Crippen LogP contribution in [-0.4, -0.2) is 68.2 Å². The molecule has 2 amide bonds. The summed E-state index contributed by atoms with van der Waals surface area (Å²) in [5.74, 6) is 0.0634. The van der Waals surface area contributed by atoms with Gasteiger partial charge in [0.25, 0.3) is 5.91 Å². The molecule has 31 heavy (non-hydrogen) atoms. The van der Waals surface area contributed by atoms with Gasteiger partial charge < -0.3 is 15.0 Å². The molecule has 1 aliphatic rings. The number of nitrogens with one attached hydrogen (secondary N) is 2. The van der Waals surface area contributed by atoms with Crippen molar-refractivity contribution in [2.75, 3.05) is 51.7 Å². The van der Waals surface area contributed by atoms with Gasteiger partial charge in [-0.1, -0.05) is 24.3 Å². The van der Waals surface area contributed by atoms with Gasteiger partial charge in [0.1, 0.15) is 0 Å². The van der Waals surface area contributed by atoms with Gasteiger partial charge in [-0.2, -0.15) is 0 Å². The standard InChI is InChI=1S/C24H32N4O3/c1-4-27(5-2)23(29)20-8-6-18(7-9-20)22(28-16-14-25-15-17-28)19-10-12-21(13-11-19)26-24(30)31-3/h6-13,22,25H,4-5,14-17H2,1-3H3,(H,26,30). The minimum atomic E-state index is -0.486. The maximum absolute atomic E-state index is 12.7. The van der Waals surface area contributed by atoms with Crippen LogP contribution in [0.1, 0.15) is 41.4 Å². The number of anilines is 1. The molecule has 3 rings (SSSR count). The van der Waals surface area contributed by atoms with E-state index in [1.165, 1.54) is 7.11 Å². The largest absolute Gasteiger partial charge is 0.453 e. The van der Waals surface area contributed by atoms with Crippen LogP contribution in [0.2, 0.25) is 0 Å². The third kappa shape index (κ3) is 5.62. The molecule has 0 radical (unpaired) electrons. The van der Waals surface area contributed by atoms with Crippen LogP contribution in [-0.2, 0) is 4.74 Å². The molecule has 1 aliphatic heterocycles. The van der Waals surface area contributed by atoms with E-state index in [1.54, 1.807) is 0 Å². The predicted molar refractivity (Wildman–Crippen MR) is 122 cm³/mol. The van der Waals surface area contributed by atoms with E-state index in [0.717, 1.165) is 37.3 Å². The van der Waals surface area contributed by atoms with E-state index in [-0.39, 0.29) is 11.9 Å². The molecule has 0 aliphatic carbocycles. The summed E-state index contributed by atoms with van der Waals surface area (Å²) in [6.07, 6.45) is -0.486. The van der Waals surface area contributed by atoms with Gasteiger partial charge in [0, 0.05) is 50.5 Å². The molecule has 0 bridgehead atoms. The Kier molecular flexibility index (Phi) is 8.03. The first kappa shape index (κ1) is 22.8. The van der Waals surface area contributed by atoms with Crippen LogP contribution in [0.25, 0.3) is 0 Å². The van der Waals surface area contributed by atoms with Crippen molar-refractivity contribution in [3.8, 4) is 0 Å². The second kappa shape index (κ2) is 10.9. The number of piperazine rings is 1. The number of carbonyl (C=O) groups excluding carboxylic acids is 2. The topological polar surface area (TPSA) is 73.9 Å². The van der Waals surface area contributed by atoms with Gasteiger partial charge in [0.2, 0.25) is 0 Å². The van der Waals surface area contributed by atoms with Gasteiger partial charge in [-0.05, 0) is 49.2 Å². The van der Waals surface area contributed by atoms with Crippen molar-refractivity contribution in [2.24, 2.45) is 0 Å². The molecule has 1 atom stereocenters. The molecule has 1 fully saturated rings. The van der Waals surface area contributed by atoms with Gasteiger partial charge in [0.15, 0.2) is 0 Å². The molecular weight excluding hydrogens is 392 g/mol. The van der Waals surface area contributed by atoms with Crippen molar-refractivity contribution >= 4 is 17.7 Å². The summed E-state index contributed by atoms with van der Waals surface area (Å²) < 4.78 is 4.66. The normalized spacial score (nSPS) is 15.2. The van der Waals surface area contributed by atoms with Gasteiger partial charge in [-0.25, -0.2) is 4.79 Å². The highest BCUT2D eigenvalue weighted by molar-refractivity contribution is 5.94. The van der Waals surface area contributed by atoms with E-state index in [0.29, 0.717) is 24.3 Å². The third-order valence-corrected chi connectivity index (χ3v) is 5.70. The summed E-state index contributed by atoms with van der Waals surface area (Å²) in [6, 6.07) is 15.9. The van der Waals surface area contributed by atoms with Crippen molar-refractivity contribution in [3.63, 3.8) is 0 Å². The van der Waals surface area contributed by atoms with Crippen LogP contribution >= 0.6 is 0 Å². The fourth-order valence-electron chi connectivity index (χ4n) is 3.97. The van der Waals surface area contributed by atoms with Crippen LogP contribution in [0, 0.1) is 0 Å². The lowest BCUT2D eigenvalue weighted by atomic mass is 9.95. The van der Waals surface area contributed by atoms with E-state index >= 15 is 0 Å². The Morgan fingerprint density at radius 1 is 1.00 bits per heavy atom. The van der Waals surface area contributed by atoms with Crippen LogP contribution in [0.4, 0.5) is 10.5 Å². The van der Waals surface area contributed by atoms with Crippen molar-refractivity contribution in [3.05, 3.63) is 65.2 Å². The summed E-state index contributed by atoms with van der Waals surface area (Å²) in [7, 11) is 1.35. The Bertz CT molecular complexity index is 857. The number of hydrogen-bond acceptors (Lipinski definition) is 5. The minimum absolute atomic E-state index is 0.0634. The number of amides is 2. The molecule has 2 aromatic carbocycles. The van der Waals surface area contributed by atoms with E-state index in [9.17, 15) is 9.59 Å². The first-order chi connectivity index (χ1) is 15.1. The Balaban J connectivity index is 1.87. The van der Waals surface area contributed by atoms with Crippen LogP contribution in [0.15, 0.2) is 48.5 Å². The maximum atomic E-state index is 12.7. The van der Waals surface area contributed by atoms with Crippen molar-refractivity contribution in [1.29, 1.82) is 0 Å². The predicted octanol–water partition coefficient (Wildman–Crippen LogP) is 3.34. The fraction of sp³-hybridized carbons (Fsp3) is 0.417. The minimum Gasteiger partial charge on any atom is -0.453 e. The molecule has 7 heteroatoms. The average Bonchev–Trinajstić information content (AvgIpc) is 2.82. The molecular formula is C24H32N4O3. The molecule has 0 spiro atoms. The van der Waals surface area contributed by atoms with E-state index in [2.05, 4.69) is 32.4 Å². The molecule has 7 nitrogen and oxygen atoms in total. The summed E-state index contributed by atoms with van der Waals surface area (Å²) in [5.41, 5.74) is 3.69. The molecule has 1 heterocycles. The van der Waals surface area contributed by atoms with E-state index < -0.39 is 6.09 Å². The number of carbonyl (C=O) groups is 2. The highest BCUT2D eigenvalue weighted by atomic mass is 16.5. The zero-order valence-corrected chi connectivity index (χ0v) is 18.6. The first-order valence-electron chi connectivity index (χ1n) is 10.9. The number of ether oxygens (including phenoxy) is 1. The molecule has 166 valence electrons. The zero-order valence-electron chi connectivity index (χ0n) is 18.6. The van der Waals surface area contributed by atoms with Crippen molar-refractivity contribution < 1.29 is 14.3 Å². The van der Waals surface area contributed by atoms with Crippen LogP contribution in [0.5, 0.6) is 0 Å². The molecule has 2 N–H and O–H groups in total. The number of nitrogens with zero attached hydrogens (tertiary/aromatic N) is 2. The SMILES string of the molecule is CCN(CC)C(=O)c1ccc(C(c2ccc(NC(=O)OC)cc2)N2CCNCC2)cc1. The number of hydrogen-bond donors (Lipinski definition) is 2. The summed E-state index contributed by atoms with van der Waals surface area (Å²) in [4.78, 5) is 28.4. The fourth-order valence-corrected chi connectivity index (χ4v) is 3.97. The average molecular weight is 425 g/mol. The van der Waals surface area contributed by atoms with E-state index in [1.807, 2.05) is 55.1 Å². The van der Waals surface area contributed by atoms with Gasteiger partial charge in [0.05, 0.1) is 13.2 Å². The quantitative estimate of drug-likeness (QED) is 0.713. The number of rotatable bonds is 7. The smallest absolute Gasteiger partial charge is 0.411 e. The summed E-state index contributed by atoms with van der Waals surface area (Å²) >= 11 is 0. The van der Waals surface area contributed by atoms with Crippen molar-refractivity contribution in [1.82, 2.24) is 15.1 Å². The van der Waals surface area contributed by atoms with Crippen LogP contribution < -0.4 is 10.6 Å². The number of benzene rings is 2. The maximum Gasteiger partial charge on any atom is 0.411 e. The molecule has 1 saturated heterocycles. The Hall–Kier alpha value is -2.90. The van der Waals surface area contributed by atoms with E-state index in [4.69, 9.17) is 0 Å². The molecule has 2 aromatic rings. The summed E-state index contributed by atoms with van der Waals surface area (Å²) in [5, 5.41) is 6.10. The lowest BCUT2D eigenvalue weighted by molar-refractivity contribution is 0.0773. The monoisotopic (exact) mass is 424 g/mol. The van der Waals surface area contributed by atoms with Gasteiger partial charge in [-0.3, -0.25) is 15.0 Å². The Labute approximate surface area is 184 Å². The summed E-state index contributed by atoms with van der Waals surface area (Å²) in [6.45, 7) is 9.15. The van der Waals surface area contributed by atoms with Crippen LogP contribution in [0.3, 0.4) is 0 Å². The highest BCUT2D eigenvalue weighted by Crippen LogP contribution is 2.30. The zero-order chi connectivity index (χ0) is 22.2. The lowest BCUT2D eigenvalue weighted by Crippen LogP contribution is -2.45. The molecule has 1 unspecified atom stereocenters. The lowest BCUT2D eigenvalue weighted by Gasteiger charge is -2.35. The Morgan fingerprint density at radius 3 is 2.06 bits per heavy atom. The highest BCUT2D eigenvalue weighted by Gasteiger charge is 2.24. The second-order valence-electron chi connectivity index (χ2n) is 7.53. The first-order valence-corrected chi connectivity index (χ1v) is 10.9. The third-order valence-electron chi connectivity index (χ3n) is 5.70. The second-order valence-corrected chi connectivity index (χ2v) is 7.53. The van der Waals surface area contributed by atoms with Gasteiger partial charge >= 0.3 is 6.09 Å². The van der Waals surface area contributed by atoms with Crippen molar-refractivity contribution in [2.45, 2.75) is 19.9 Å².